The maximum atomic E-state index is 2.45. The van der Waals surface area contributed by atoms with Crippen LogP contribution in [0.2, 0.25) is 0 Å². The summed E-state index contributed by atoms with van der Waals surface area (Å²) in [4.78, 5) is 0. The van der Waals surface area contributed by atoms with E-state index < -0.39 is 0 Å². The van der Waals surface area contributed by atoms with Crippen molar-refractivity contribution < 1.29 is 5.32 Å². The van der Waals surface area contributed by atoms with Crippen LogP contribution < -0.4 is 5.32 Å². The fourth-order valence-electron chi connectivity index (χ4n) is 1.32. The summed E-state index contributed by atoms with van der Waals surface area (Å²) >= 11 is 0. The van der Waals surface area contributed by atoms with Gasteiger partial charge in [-0.25, -0.2) is 0 Å². The van der Waals surface area contributed by atoms with Gasteiger partial charge in [0.25, 0.3) is 0 Å². The Morgan fingerprint density at radius 1 is 1.38 bits per heavy atom. The lowest BCUT2D eigenvalue weighted by molar-refractivity contribution is -0.700. The normalized spacial score (nSPS) is 39.8. The summed E-state index contributed by atoms with van der Waals surface area (Å²) in [5.74, 6) is 0.948. The molecule has 1 nitrogen and oxygen atoms in total. The molecular weight excluding hydrogens is 98.1 g/mol. The molecule has 0 spiro atoms. The zero-order valence-corrected chi connectivity index (χ0v) is 5.85. The minimum atomic E-state index is 0.878. The second kappa shape index (κ2) is 2.49. The van der Waals surface area contributed by atoms with Crippen LogP contribution >= 0.6 is 0 Å². The number of hydrogen-bond donors (Lipinski definition) is 1. The lowest BCUT2D eigenvalue weighted by Crippen LogP contribution is -2.92. The van der Waals surface area contributed by atoms with Gasteiger partial charge in [-0.3, -0.25) is 0 Å². The fraction of sp³-hybridized carbons (Fsp3) is 1.00. The second-order valence-electron chi connectivity index (χ2n) is 3.00. The Morgan fingerprint density at radius 3 is 2.50 bits per heavy atom. The molecule has 1 aliphatic heterocycles. The minimum Gasteiger partial charge on any atom is -0.344 e. The Bertz CT molecular complexity index is 60.8. The predicted octanol–water partition coefficient (Wildman–Crippen LogP) is 0.368. The van der Waals surface area contributed by atoms with Crippen molar-refractivity contribution in [2.45, 2.75) is 32.7 Å². The van der Waals surface area contributed by atoms with Crippen LogP contribution in [-0.2, 0) is 0 Å². The molecule has 0 unspecified atom stereocenters. The molecule has 0 radical (unpaired) electrons. The molecule has 1 aliphatic rings. The molecule has 0 aromatic heterocycles. The number of quaternary nitrogens is 1. The van der Waals surface area contributed by atoms with Crippen LogP contribution in [0.4, 0.5) is 0 Å². The summed E-state index contributed by atoms with van der Waals surface area (Å²) < 4.78 is 0. The first kappa shape index (κ1) is 6.09. The Hall–Kier alpha value is -0.0400. The van der Waals surface area contributed by atoms with Crippen LogP contribution in [-0.4, -0.2) is 12.6 Å². The van der Waals surface area contributed by atoms with Crippen LogP contribution in [0.1, 0.15) is 26.7 Å². The van der Waals surface area contributed by atoms with Crippen LogP contribution in [0, 0.1) is 5.92 Å². The highest BCUT2D eigenvalue weighted by Gasteiger charge is 2.18. The van der Waals surface area contributed by atoms with Gasteiger partial charge in [-0.1, -0.05) is 6.92 Å². The van der Waals surface area contributed by atoms with Crippen molar-refractivity contribution in [3.63, 3.8) is 0 Å². The zero-order chi connectivity index (χ0) is 5.98. The first-order valence-corrected chi connectivity index (χ1v) is 3.64. The average Bonchev–Trinajstić information content (AvgIpc) is 1.77. The number of hydrogen-bond acceptors (Lipinski definition) is 0. The Kier molecular flexibility index (Phi) is 1.90. The number of piperidine rings is 1. The summed E-state index contributed by atoms with van der Waals surface area (Å²) in [5, 5.41) is 2.45. The van der Waals surface area contributed by atoms with E-state index in [1.807, 2.05) is 0 Å². The highest BCUT2D eigenvalue weighted by Crippen LogP contribution is 2.09. The summed E-state index contributed by atoms with van der Waals surface area (Å²) in [5.41, 5.74) is 0. The van der Waals surface area contributed by atoms with E-state index in [1.54, 1.807) is 0 Å². The molecule has 0 aromatic rings. The molecule has 1 heterocycles. The minimum absolute atomic E-state index is 0.878. The molecule has 8 heavy (non-hydrogen) atoms. The first-order chi connectivity index (χ1) is 3.80. The van der Waals surface area contributed by atoms with Gasteiger partial charge in [-0.15, -0.1) is 0 Å². The largest absolute Gasteiger partial charge is 0.344 e. The molecule has 1 rings (SSSR count). The number of nitrogens with two attached hydrogens (primary N) is 1. The van der Waals surface area contributed by atoms with E-state index >= 15 is 0 Å². The third kappa shape index (κ3) is 1.22. The van der Waals surface area contributed by atoms with Gasteiger partial charge >= 0.3 is 0 Å². The van der Waals surface area contributed by atoms with E-state index in [-0.39, 0.29) is 0 Å². The van der Waals surface area contributed by atoms with Gasteiger partial charge in [0.15, 0.2) is 0 Å². The van der Waals surface area contributed by atoms with Crippen molar-refractivity contribution in [3.05, 3.63) is 0 Å². The molecule has 0 aromatic carbocycles. The fourth-order valence-corrected chi connectivity index (χ4v) is 1.32. The van der Waals surface area contributed by atoms with Crippen LogP contribution in [0.15, 0.2) is 0 Å². The Morgan fingerprint density at radius 2 is 2.12 bits per heavy atom. The zero-order valence-electron chi connectivity index (χ0n) is 5.85. The standard InChI is InChI=1S/C7H15N/c1-6-4-3-5-8-7(6)2/h6-8H,3-5H2,1-2H3/p+1/t6-,7-/m1/s1. The molecule has 1 heteroatoms. The molecule has 0 aliphatic carbocycles. The van der Waals surface area contributed by atoms with E-state index in [0.29, 0.717) is 0 Å². The molecule has 0 amide bonds. The third-order valence-electron chi connectivity index (χ3n) is 2.30. The van der Waals surface area contributed by atoms with Gasteiger partial charge in [0.05, 0.1) is 12.6 Å². The van der Waals surface area contributed by atoms with Crippen molar-refractivity contribution in [2.24, 2.45) is 5.92 Å². The summed E-state index contributed by atoms with van der Waals surface area (Å²) in [6, 6.07) is 0.878. The van der Waals surface area contributed by atoms with Crippen molar-refractivity contribution in [3.8, 4) is 0 Å². The Balaban J connectivity index is 2.28. The lowest BCUT2D eigenvalue weighted by atomic mass is 9.94. The van der Waals surface area contributed by atoms with E-state index in [2.05, 4.69) is 19.2 Å². The van der Waals surface area contributed by atoms with Gasteiger partial charge in [-0.05, 0) is 19.8 Å². The summed E-state index contributed by atoms with van der Waals surface area (Å²) in [7, 11) is 0. The average molecular weight is 114 g/mol. The SMILES string of the molecule is C[C@@H]1CCC[NH2+][C@@H]1C. The van der Waals surface area contributed by atoms with Gasteiger partial charge in [-0.2, -0.15) is 0 Å². The molecular formula is C7H16N+. The second-order valence-corrected chi connectivity index (χ2v) is 3.00. The highest BCUT2D eigenvalue weighted by atomic mass is 14.9. The quantitative estimate of drug-likeness (QED) is 0.468. The van der Waals surface area contributed by atoms with E-state index in [9.17, 15) is 0 Å². The van der Waals surface area contributed by atoms with E-state index in [0.717, 1.165) is 12.0 Å². The lowest BCUT2D eigenvalue weighted by Gasteiger charge is -2.22. The van der Waals surface area contributed by atoms with E-state index in [1.165, 1.54) is 19.4 Å². The van der Waals surface area contributed by atoms with E-state index in [4.69, 9.17) is 0 Å². The highest BCUT2D eigenvalue weighted by molar-refractivity contribution is 4.61. The van der Waals surface area contributed by atoms with Crippen molar-refractivity contribution >= 4 is 0 Å². The molecule has 0 bridgehead atoms. The molecule has 48 valence electrons. The molecule has 1 fully saturated rings. The predicted molar refractivity (Wildman–Crippen MR) is 34.7 cm³/mol. The number of rotatable bonds is 0. The molecule has 0 saturated carbocycles. The van der Waals surface area contributed by atoms with Crippen LogP contribution in [0.5, 0.6) is 0 Å². The molecule has 1 saturated heterocycles. The third-order valence-corrected chi connectivity index (χ3v) is 2.30. The van der Waals surface area contributed by atoms with Crippen LogP contribution in [0.3, 0.4) is 0 Å². The maximum absolute atomic E-state index is 2.45. The van der Waals surface area contributed by atoms with Crippen molar-refractivity contribution in [1.82, 2.24) is 0 Å². The topological polar surface area (TPSA) is 16.6 Å². The first-order valence-electron chi connectivity index (χ1n) is 3.64. The van der Waals surface area contributed by atoms with Gasteiger partial charge in [0.1, 0.15) is 0 Å². The monoisotopic (exact) mass is 114 g/mol. The van der Waals surface area contributed by atoms with Crippen molar-refractivity contribution in [2.75, 3.05) is 6.54 Å². The van der Waals surface area contributed by atoms with Gasteiger partial charge < -0.3 is 5.32 Å². The summed E-state index contributed by atoms with van der Waals surface area (Å²) in [6.07, 6.45) is 2.86. The molecule has 2 N–H and O–H groups in total. The van der Waals surface area contributed by atoms with Crippen LogP contribution in [0.25, 0.3) is 0 Å². The smallest absolute Gasteiger partial charge is 0.0856 e. The maximum Gasteiger partial charge on any atom is 0.0856 e. The summed E-state index contributed by atoms with van der Waals surface area (Å²) in [6.45, 7) is 6.02. The van der Waals surface area contributed by atoms with Gasteiger partial charge in [0, 0.05) is 5.92 Å². The molecule has 2 atom stereocenters. The van der Waals surface area contributed by atoms with Gasteiger partial charge in [0.2, 0.25) is 0 Å². The van der Waals surface area contributed by atoms with Crippen molar-refractivity contribution in [1.29, 1.82) is 0 Å². The Labute approximate surface area is 51.5 Å².